The fraction of sp³-hybridized carbons (Fsp3) is 0.300. The van der Waals surface area contributed by atoms with Crippen molar-refractivity contribution in [2.75, 3.05) is 26.4 Å². The van der Waals surface area contributed by atoms with Gasteiger partial charge in [-0.1, -0.05) is 30.1 Å². The summed E-state index contributed by atoms with van der Waals surface area (Å²) in [6, 6.07) is 8.65. The number of benzene rings is 2. The molecular formula is C30H30I2N2O6S. The van der Waals surface area contributed by atoms with Gasteiger partial charge in [0.25, 0.3) is 5.56 Å². The highest BCUT2D eigenvalue weighted by atomic mass is 127. The molecule has 1 aliphatic rings. The second-order valence-electron chi connectivity index (χ2n) is 8.79. The first-order valence-corrected chi connectivity index (χ1v) is 16.0. The van der Waals surface area contributed by atoms with Gasteiger partial charge >= 0.3 is 5.97 Å². The SMILES string of the molecule is C=CCOc1c(I)cc(/C=c2\sc3n(c2=O)[C@@H](c2ccc(OCC)c(OCC)c2)C(C(=O)OCC)=C(C)N=3)cc1I. The van der Waals surface area contributed by atoms with Crippen molar-refractivity contribution < 1.29 is 23.7 Å². The van der Waals surface area contributed by atoms with Crippen molar-refractivity contribution in [3.63, 3.8) is 0 Å². The molecule has 0 aliphatic carbocycles. The van der Waals surface area contributed by atoms with Gasteiger partial charge in [0.05, 0.1) is 48.8 Å². The average Bonchev–Trinajstić information content (AvgIpc) is 3.22. The summed E-state index contributed by atoms with van der Waals surface area (Å²) >= 11 is 5.73. The summed E-state index contributed by atoms with van der Waals surface area (Å²) in [5.74, 6) is 1.39. The van der Waals surface area contributed by atoms with Crippen molar-refractivity contribution in [3.05, 3.63) is 92.2 Å². The minimum atomic E-state index is -0.753. The zero-order valence-electron chi connectivity index (χ0n) is 23.2. The summed E-state index contributed by atoms with van der Waals surface area (Å²) in [6.45, 7) is 12.5. The van der Waals surface area contributed by atoms with Crippen LogP contribution in [0.15, 0.2) is 64.0 Å². The Hall–Kier alpha value is -2.65. The third kappa shape index (κ3) is 6.72. The minimum Gasteiger partial charge on any atom is -0.490 e. The van der Waals surface area contributed by atoms with Gasteiger partial charge in [-0.3, -0.25) is 9.36 Å². The zero-order chi connectivity index (χ0) is 29.7. The zero-order valence-corrected chi connectivity index (χ0v) is 28.3. The number of rotatable bonds is 11. The summed E-state index contributed by atoms with van der Waals surface area (Å²) in [6.07, 6.45) is 3.54. The highest BCUT2D eigenvalue weighted by Gasteiger charge is 2.34. The Labute approximate surface area is 269 Å². The van der Waals surface area contributed by atoms with Gasteiger partial charge in [-0.05, 0) is 114 Å². The third-order valence-electron chi connectivity index (χ3n) is 6.06. The number of carbonyl (C=O) groups excluding carboxylic acids is 1. The summed E-state index contributed by atoms with van der Waals surface area (Å²) in [5, 5.41) is 0. The van der Waals surface area contributed by atoms with Crippen LogP contribution < -0.4 is 29.1 Å². The normalized spacial score (nSPS) is 14.8. The van der Waals surface area contributed by atoms with Gasteiger partial charge in [0.1, 0.15) is 12.4 Å². The van der Waals surface area contributed by atoms with E-state index in [0.29, 0.717) is 57.5 Å². The van der Waals surface area contributed by atoms with Gasteiger partial charge in [-0.15, -0.1) is 0 Å². The number of thiazole rings is 1. The van der Waals surface area contributed by atoms with Crippen molar-refractivity contribution in [1.29, 1.82) is 0 Å². The number of esters is 1. The minimum absolute atomic E-state index is 0.198. The molecule has 11 heteroatoms. The smallest absolute Gasteiger partial charge is 0.338 e. The van der Waals surface area contributed by atoms with Gasteiger partial charge in [0.15, 0.2) is 16.3 Å². The highest BCUT2D eigenvalue weighted by Crippen LogP contribution is 2.36. The predicted molar refractivity (Wildman–Crippen MR) is 177 cm³/mol. The molecule has 1 aliphatic heterocycles. The van der Waals surface area contributed by atoms with Gasteiger partial charge in [-0.25, -0.2) is 9.79 Å². The van der Waals surface area contributed by atoms with Gasteiger partial charge in [0, 0.05) is 0 Å². The molecule has 1 aromatic heterocycles. The first-order chi connectivity index (χ1) is 19.7. The lowest BCUT2D eigenvalue weighted by molar-refractivity contribution is -0.139. The van der Waals surface area contributed by atoms with Crippen LogP contribution in [0.5, 0.6) is 17.2 Å². The van der Waals surface area contributed by atoms with Crippen molar-refractivity contribution in [2.45, 2.75) is 33.7 Å². The van der Waals surface area contributed by atoms with Crippen molar-refractivity contribution in [1.82, 2.24) is 4.57 Å². The molecule has 8 nitrogen and oxygen atoms in total. The second-order valence-corrected chi connectivity index (χ2v) is 12.1. The average molecular weight is 800 g/mol. The molecule has 0 saturated heterocycles. The van der Waals surface area contributed by atoms with E-state index < -0.39 is 12.0 Å². The number of hydrogen-bond donors (Lipinski definition) is 0. The van der Waals surface area contributed by atoms with Gasteiger partial charge < -0.3 is 18.9 Å². The molecule has 0 N–H and O–H groups in total. The van der Waals surface area contributed by atoms with Crippen molar-refractivity contribution in [3.8, 4) is 17.2 Å². The molecule has 0 fully saturated rings. The maximum absolute atomic E-state index is 14.0. The van der Waals surface area contributed by atoms with E-state index in [2.05, 4.69) is 56.8 Å². The fourth-order valence-electron chi connectivity index (χ4n) is 4.44. The van der Waals surface area contributed by atoms with E-state index in [-0.39, 0.29) is 12.2 Å². The van der Waals surface area contributed by atoms with Gasteiger partial charge in [-0.2, -0.15) is 0 Å². The first-order valence-electron chi connectivity index (χ1n) is 13.1. The molecule has 1 atom stereocenters. The van der Waals surface area contributed by atoms with E-state index in [1.807, 2.05) is 44.2 Å². The molecule has 3 aromatic rings. The summed E-state index contributed by atoms with van der Waals surface area (Å²) in [4.78, 5) is 32.4. The van der Waals surface area contributed by atoms with Crippen LogP contribution in [0.3, 0.4) is 0 Å². The second kappa shape index (κ2) is 14.0. The lowest BCUT2D eigenvalue weighted by Gasteiger charge is -2.25. The van der Waals surface area contributed by atoms with Crippen LogP contribution in [-0.2, 0) is 9.53 Å². The van der Waals surface area contributed by atoms with Crippen LogP contribution >= 0.6 is 56.5 Å². The number of allylic oxidation sites excluding steroid dienone is 1. The Kier molecular flexibility index (Phi) is 10.7. The summed E-state index contributed by atoms with van der Waals surface area (Å²) in [7, 11) is 0. The Morgan fingerprint density at radius 2 is 1.73 bits per heavy atom. The third-order valence-corrected chi connectivity index (χ3v) is 8.65. The lowest BCUT2D eigenvalue weighted by Crippen LogP contribution is -2.40. The molecule has 4 rings (SSSR count). The summed E-state index contributed by atoms with van der Waals surface area (Å²) < 4.78 is 26.7. The molecular weight excluding hydrogens is 770 g/mol. The van der Waals surface area contributed by atoms with E-state index in [4.69, 9.17) is 18.9 Å². The molecule has 0 unspecified atom stereocenters. The molecule has 2 heterocycles. The largest absolute Gasteiger partial charge is 0.490 e. The maximum Gasteiger partial charge on any atom is 0.338 e. The molecule has 216 valence electrons. The molecule has 0 saturated carbocycles. The molecule has 0 bridgehead atoms. The van der Waals surface area contributed by atoms with E-state index >= 15 is 0 Å². The van der Waals surface area contributed by atoms with E-state index in [0.717, 1.165) is 18.5 Å². The van der Waals surface area contributed by atoms with Crippen LogP contribution in [0.4, 0.5) is 0 Å². The lowest BCUT2D eigenvalue weighted by atomic mass is 9.95. The summed E-state index contributed by atoms with van der Waals surface area (Å²) in [5.41, 5.74) is 2.10. The van der Waals surface area contributed by atoms with Crippen molar-refractivity contribution >= 4 is 68.6 Å². The monoisotopic (exact) mass is 800 g/mol. The molecule has 41 heavy (non-hydrogen) atoms. The Morgan fingerprint density at radius 3 is 2.37 bits per heavy atom. The Balaban J connectivity index is 1.91. The number of fused-ring (bicyclic) bond motifs is 1. The molecule has 0 radical (unpaired) electrons. The van der Waals surface area contributed by atoms with Gasteiger partial charge in [0.2, 0.25) is 0 Å². The van der Waals surface area contributed by atoms with Crippen molar-refractivity contribution in [2.24, 2.45) is 4.99 Å². The van der Waals surface area contributed by atoms with Crippen LogP contribution in [-0.4, -0.2) is 37.0 Å². The quantitative estimate of drug-likeness (QED) is 0.147. The standard InChI is InChI=1S/C30H30I2N2O6S/c1-6-12-40-27-20(31)13-18(14-21(27)32)15-24-28(35)34-26(19-10-11-22(37-7-2)23(16-19)38-8-3)25(29(36)39-9-4)17(5)33-30(34)41-24/h6,10-11,13-16,26H,1,7-9,12H2,2-5H3/b24-15-/t26-/m0/s1. The number of carbonyl (C=O) groups is 1. The molecule has 0 amide bonds. The maximum atomic E-state index is 14.0. The van der Waals surface area contributed by atoms with Crippen LogP contribution in [0.2, 0.25) is 0 Å². The Bertz CT molecular complexity index is 1670. The highest BCUT2D eigenvalue weighted by molar-refractivity contribution is 14.1. The molecule has 0 spiro atoms. The van der Waals surface area contributed by atoms with E-state index in [9.17, 15) is 9.59 Å². The van der Waals surface area contributed by atoms with E-state index in [1.165, 1.54) is 11.3 Å². The predicted octanol–water partition coefficient (Wildman–Crippen LogP) is 5.37. The van der Waals surface area contributed by atoms with Crippen LogP contribution in [0.1, 0.15) is 44.9 Å². The fourth-order valence-corrected chi connectivity index (χ4v) is 7.61. The molecule has 2 aromatic carbocycles. The number of hydrogen-bond acceptors (Lipinski definition) is 8. The number of ether oxygens (including phenoxy) is 4. The number of halogens is 2. The van der Waals surface area contributed by atoms with Crippen LogP contribution in [0.25, 0.3) is 6.08 Å². The topological polar surface area (TPSA) is 88.3 Å². The van der Waals surface area contributed by atoms with E-state index in [1.54, 1.807) is 30.6 Å². The number of aromatic nitrogens is 1. The number of nitrogens with zero attached hydrogens (tertiary/aromatic N) is 2. The Morgan fingerprint density at radius 1 is 1.05 bits per heavy atom. The first kappa shape index (κ1) is 31.3. The van der Waals surface area contributed by atoms with Crippen LogP contribution in [0, 0.1) is 7.14 Å².